The molecule has 2 aromatic carbocycles. The van der Waals surface area contributed by atoms with E-state index in [2.05, 4.69) is 0 Å². The van der Waals surface area contributed by atoms with Gasteiger partial charge in [0.05, 0.1) is 5.41 Å². The Balaban J connectivity index is 2.14. The van der Waals surface area contributed by atoms with Crippen molar-refractivity contribution in [3.63, 3.8) is 0 Å². The third-order valence-corrected chi connectivity index (χ3v) is 4.06. The van der Waals surface area contributed by atoms with Gasteiger partial charge in [-0.2, -0.15) is 0 Å². The molecule has 1 aliphatic rings. The van der Waals surface area contributed by atoms with E-state index in [1.165, 1.54) is 0 Å². The van der Waals surface area contributed by atoms with Crippen molar-refractivity contribution in [2.75, 3.05) is 0 Å². The first-order valence-corrected chi connectivity index (χ1v) is 6.46. The fourth-order valence-electron chi connectivity index (χ4n) is 2.71. The lowest BCUT2D eigenvalue weighted by molar-refractivity contribution is -0.129. The Labute approximate surface area is 111 Å². The summed E-state index contributed by atoms with van der Waals surface area (Å²) in [5, 5.41) is 0.703. The molecule has 1 saturated carbocycles. The summed E-state index contributed by atoms with van der Waals surface area (Å²) in [4.78, 5) is 12.2. The average molecular weight is 257 g/mol. The van der Waals surface area contributed by atoms with E-state index in [1.54, 1.807) is 0 Å². The van der Waals surface area contributed by atoms with Crippen molar-refractivity contribution in [2.45, 2.75) is 18.3 Å². The molecule has 0 saturated heterocycles. The molecule has 1 unspecified atom stereocenters. The lowest BCUT2D eigenvalue weighted by Crippen LogP contribution is -2.45. The molecule has 1 fully saturated rings. The summed E-state index contributed by atoms with van der Waals surface area (Å²) in [5.74, 6) is 0.302. The molecule has 90 valence electrons. The standard InChI is InChI=1S/C16H13ClO/c17-14-8-6-13(7-9-14)16(11-10-15(16)18)12-4-2-1-3-5-12/h1-9H,10-11H2. The van der Waals surface area contributed by atoms with Crippen molar-refractivity contribution in [3.8, 4) is 0 Å². The van der Waals surface area contributed by atoms with Crippen LogP contribution in [0.25, 0.3) is 0 Å². The molecular formula is C16H13ClO. The molecule has 1 aliphatic carbocycles. The molecule has 18 heavy (non-hydrogen) atoms. The van der Waals surface area contributed by atoms with Crippen LogP contribution in [0.2, 0.25) is 5.02 Å². The summed E-state index contributed by atoms with van der Waals surface area (Å²) in [7, 11) is 0. The maximum atomic E-state index is 12.2. The number of carbonyl (C=O) groups is 1. The summed E-state index contributed by atoms with van der Waals surface area (Å²) in [6.45, 7) is 0. The quantitative estimate of drug-likeness (QED) is 0.794. The van der Waals surface area contributed by atoms with E-state index in [1.807, 2.05) is 54.6 Å². The highest BCUT2D eigenvalue weighted by Crippen LogP contribution is 2.46. The van der Waals surface area contributed by atoms with Crippen LogP contribution >= 0.6 is 11.6 Å². The van der Waals surface area contributed by atoms with Gasteiger partial charge in [0.25, 0.3) is 0 Å². The van der Waals surface area contributed by atoms with Crippen molar-refractivity contribution in [3.05, 3.63) is 70.7 Å². The van der Waals surface area contributed by atoms with E-state index in [0.717, 1.165) is 17.5 Å². The second-order valence-electron chi connectivity index (χ2n) is 4.70. The highest BCUT2D eigenvalue weighted by atomic mass is 35.5. The summed E-state index contributed by atoms with van der Waals surface area (Å²) in [6, 6.07) is 17.6. The van der Waals surface area contributed by atoms with Crippen molar-refractivity contribution in [1.82, 2.24) is 0 Å². The number of benzene rings is 2. The van der Waals surface area contributed by atoms with Crippen LogP contribution in [0, 0.1) is 0 Å². The minimum absolute atomic E-state index is 0.302. The van der Waals surface area contributed by atoms with Gasteiger partial charge in [0.15, 0.2) is 0 Å². The predicted octanol–water partition coefficient (Wildman–Crippen LogP) is 3.99. The molecule has 0 aromatic heterocycles. The van der Waals surface area contributed by atoms with E-state index in [-0.39, 0.29) is 0 Å². The van der Waals surface area contributed by atoms with Gasteiger partial charge in [0, 0.05) is 11.4 Å². The molecule has 0 heterocycles. The van der Waals surface area contributed by atoms with Crippen molar-refractivity contribution >= 4 is 17.4 Å². The first-order valence-electron chi connectivity index (χ1n) is 6.08. The van der Waals surface area contributed by atoms with Crippen LogP contribution in [-0.4, -0.2) is 5.78 Å². The lowest BCUT2D eigenvalue weighted by atomic mass is 9.59. The minimum atomic E-state index is -0.439. The summed E-state index contributed by atoms with van der Waals surface area (Å²) in [5.41, 5.74) is 1.70. The van der Waals surface area contributed by atoms with Gasteiger partial charge in [-0.1, -0.05) is 54.1 Å². The van der Waals surface area contributed by atoms with Gasteiger partial charge >= 0.3 is 0 Å². The molecule has 2 heteroatoms. The zero-order valence-corrected chi connectivity index (χ0v) is 10.7. The lowest BCUT2D eigenvalue weighted by Gasteiger charge is -2.41. The average Bonchev–Trinajstić information content (AvgIpc) is 2.41. The van der Waals surface area contributed by atoms with Crippen molar-refractivity contribution < 1.29 is 4.79 Å². The molecule has 0 N–H and O–H groups in total. The van der Waals surface area contributed by atoms with Gasteiger partial charge < -0.3 is 0 Å². The molecule has 1 atom stereocenters. The SMILES string of the molecule is O=C1CCC1(c1ccccc1)c1ccc(Cl)cc1. The molecule has 0 radical (unpaired) electrons. The highest BCUT2D eigenvalue weighted by Gasteiger charge is 2.48. The molecule has 0 spiro atoms. The number of ketones is 1. The molecular weight excluding hydrogens is 244 g/mol. The highest BCUT2D eigenvalue weighted by molar-refractivity contribution is 6.30. The number of hydrogen-bond donors (Lipinski definition) is 0. The van der Waals surface area contributed by atoms with Crippen LogP contribution in [0.5, 0.6) is 0 Å². The van der Waals surface area contributed by atoms with Crippen LogP contribution < -0.4 is 0 Å². The summed E-state index contributed by atoms with van der Waals surface area (Å²) < 4.78 is 0. The van der Waals surface area contributed by atoms with E-state index >= 15 is 0 Å². The Morgan fingerprint density at radius 3 is 2.00 bits per heavy atom. The number of carbonyl (C=O) groups excluding carboxylic acids is 1. The van der Waals surface area contributed by atoms with E-state index < -0.39 is 5.41 Å². The number of hydrogen-bond acceptors (Lipinski definition) is 1. The van der Waals surface area contributed by atoms with Gasteiger partial charge in [0.1, 0.15) is 5.78 Å². The Kier molecular flexibility index (Phi) is 2.71. The van der Waals surface area contributed by atoms with Gasteiger partial charge in [-0.05, 0) is 29.7 Å². The number of halogens is 1. The van der Waals surface area contributed by atoms with Crippen LogP contribution in [0.15, 0.2) is 54.6 Å². The second kappa shape index (κ2) is 4.25. The van der Waals surface area contributed by atoms with Crippen LogP contribution in [0.3, 0.4) is 0 Å². The maximum Gasteiger partial charge on any atom is 0.147 e. The van der Waals surface area contributed by atoms with Crippen molar-refractivity contribution in [1.29, 1.82) is 0 Å². The first kappa shape index (κ1) is 11.5. The van der Waals surface area contributed by atoms with Gasteiger partial charge in [0.2, 0.25) is 0 Å². The van der Waals surface area contributed by atoms with Gasteiger partial charge in [-0.3, -0.25) is 4.79 Å². The number of rotatable bonds is 2. The normalized spacial score (nSPS) is 22.6. The molecule has 0 aliphatic heterocycles. The molecule has 0 amide bonds. The third-order valence-electron chi connectivity index (χ3n) is 3.81. The van der Waals surface area contributed by atoms with Crippen molar-refractivity contribution in [2.24, 2.45) is 0 Å². The fourth-order valence-corrected chi connectivity index (χ4v) is 2.84. The minimum Gasteiger partial charge on any atom is -0.298 e. The smallest absolute Gasteiger partial charge is 0.147 e. The molecule has 3 rings (SSSR count). The topological polar surface area (TPSA) is 17.1 Å². The zero-order valence-electron chi connectivity index (χ0n) is 9.90. The fraction of sp³-hybridized carbons (Fsp3) is 0.188. The van der Waals surface area contributed by atoms with E-state index in [4.69, 9.17) is 11.6 Å². The molecule has 0 bridgehead atoms. The third kappa shape index (κ3) is 1.58. The Bertz CT molecular complexity index is 574. The molecule has 2 aromatic rings. The largest absolute Gasteiger partial charge is 0.298 e. The Morgan fingerprint density at radius 2 is 1.50 bits per heavy atom. The van der Waals surface area contributed by atoms with Crippen LogP contribution in [0.4, 0.5) is 0 Å². The first-order chi connectivity index (χ1) is 8.73. The van der Waals surface area contributed by atoms with E-state index in [9.17, 15) is 4.79 Å². The summed E-state index contributed by atoms with van der Waals surface area (Å²) >= 11 is 5.92. The predicted molar refractivity (Wildman–Crippen MR) is 72.9 cm³/mol. The van der Waals surface area contributed by atoms with Gasteiger partial charge in [-0.25, -0.2) is 0 Å². The Morgan fingerprint density at radius 1 is 0.889 bits per heavy atom. The van der Waals surface area contributed by atoms with Crippen LogP contribution in [-0.2, 0) is 10.2 Å². The van der Waals surface area contributed by atoms with E-state index in [0.29, 0.717) is 17.2 Å². The van der Waals surface area contributed by atoms with Gasteiger partial charge in [-0.15, -0.1) is 0 Å². The van der Waals surface area contributed by atoms with Crippen LogP contribution in [0.1, 0.15) is 24.0 Å². The molecule has 1 nitrogen and oxygen atoms in total. The maximum absolute atomic E-state index is 12.2. The summed E-state index contributed by atoms with van der Waals surface area (Å²) in [6.07, 6.45) is 1.55. The monoisotopic (exact) mass is 256 g/mol. The second-order valence-corrected chi connectivity index (χ2v) is 5.14. The zero-order chi connectivity index (χ0) is 12.6. The number of Topliss-reactive ketones (excluding diaryl/α,β-unsaturated/α-hetero) is 1. The Hall–Kier alpha value is -1.60.